The van der Waals surface area contributed by atoms with Gasteiger partial charge in [-0.2, -0.15) is 0 Å². The molecule has 8 heteroatoms. The van der Waals surface area contributed by atoms with E-state index in [1.54, 1.807) is 30.3 Å². The van der Waals surface area contributed by atoms with Gasteiger partial charge in [0.05, 0.1) is 16.3 Å². The molecular formula is C23H18F2N2O3S. The van der Waals surface area contributed by atoms with Gasteiger partial charge in [0, 0.05) is 17.1 Å². The zero-order chi connectivity index (χ0) is 22.0. The lowest BCUT2D eigenvalue weighted by atomic mass is 10.2. The molecule has 0 saturated carbocycles. The second kappa shape index (κ2) is 8.31. The van der Waals surface area contributed by atoms with Crippen LogP contribution < -0.4 is 5.32 Å². The fourth-order valence-corrected chi connectivity index (χ4v) is 4.96. The summed E-state index contributed by atoms with van der Waals surface area (Å²) in [6.07, 6.45) is 1.41. The molecule has 0 aliphatic rings. The highest BCUT2D eigenvalue weighted by molar-refractivity contribution is 7.90. The van der Waals surface area contributed by atoms with Crippen LogP contribution in [0.15, 0.2) is 83.9 Å². The van der Waals surface area contributed by atoms with E-state index in [1.165, 1.54) is 53.2 Å². The lowest BCUT2D eigenvalue weighted by molar-refractivity contribution is -0.116. The van der Waals surface area contributed by atoms with Crippen LogP contribution in [0.5, 0.6) is 0 Å². The molecule has 4 aromatic rings. The lowest BCUT2D eigenvalue weighted by Gasteiger charge is -2.08. The summed E-state index contributed by atoms with van der Waals surface area (Å²) in [6, 6.07) is 17.9. The van der Waals surface area contributed by atoms with E-state index in [2.05, 4.69) is 5.32 Å². The van der Waals surface area contributed by atoms with Crippen LogP contribution in [0.25, 0.3) is 10.9 Å². The summed E-state index contributed by atoms with van der Waals surface area (Å²) in [4.78, 5) is 12.6. The first-order valence-electron chi connectivity index (χ1n) is 9.43. The molecule has 158 valence electrons. The third kappa shape index (κ3) is 4.49. The summed E-state index contributed by atoms with van der Waals surface area (Å²) in [7, 11) is -3.77. The maximum Gasteiger partial charge on any atom is 0.244 e. The van der Waals surface area contributed by atoms with E-state index in [0.29, 0.717) is 16.5 Å². The fourth-order valence-electron chi connectivity index (χ4n) is 3.38. The molecule has 0 aliphatic heterocycles. The van der Waals surface area contributed by atoms with Gasteiger partial charge in [0.25, 0.3) is 0 Å². The van der Waals surface area contributed by atoms with Crippen molar-refractivity contribution in [3.8, 4) is 0 Å². The molecule has 0 bridgehead atoms. The number of aromatic nitrogens is 1. The lowest BCUT2D eigenvalue weighted by Crippen LogP contribution is -2.19. The number of sulfone groups is 1. The Hall–Kier alpha value is -3.52. The number of benzene rings is 3. The zero-order valence-corrected chi connectivity index (χ0v) is 17.1. The summed E-state index contributed by atoms with van der Waals surface area (Å²) in [5.74, 6) is -1.80. The SMILES string of the molecule is O=C(Cn1cc(S(=O)(=O)Cc2ccc(F)cc2)c2ccccc21)Nc1ccccc1F. The van der Waals surface area contributed by atoms with Crippen LogP contribution >= 0.6 is 0 Å². The number of amides is 1. The summed E-state index contributed by atoms with van der Waals surface area (Å²) in [5.41, 5.74) is 1.06. The molecule has 5 nitrogen and oxygen atoms in total. The molecule has 3 aromatic carbocycles. The van der Waals surface area contributed by atoms with Gasteiger partial charge in [-0.15, -0.1) is 0 Å². The van der Waals surface area contributed by atoms with Crippen molar-refractivity contribution in [2.24, 2.45) is 0 Å². The third-order valence-electron chi connectivity index (χ3n) is 4.82. The molecule has 31 heavy (non-hydrogen) atoms. The molecular weight excluding hydrogens is 422 g/mol. The molecule has 0 fully saturated rings. The van der Waals surface area contributed by atoms with Crippen molar-refractivity contribution >= 4 is 32.3 Å². The molecule has 0 spiro atoms. The quantitative estimate of drug-likeness (QED) is 0.479. The summed E-state index contributed by atoms with van der Waals surface area (Å²) < 4.78 is 54.6. The first kappa shape index (κ1) is 20.7. The number of anilines is 1. The highest BCUT2D eigenvalue weighted by atomic mass is 32.2. The molecule has 1 N–H and O–H groups in total. The van der Waals surface area contributed by atoms with Crippen LogP contribution in [0.1, 0.15) is 5.56 Å². The van der Waals surface area contributed by atoms with Gasteiger partial charge in [-0.1, -0.05) is 42.5 Å². The second-order valence-corrected chi connectivity index (χ2v) is 9.01. The smallest absolute Gasteiger partial charge is 0.244 e. The molecule has 1 heterocycles. The zero-order valence-electron chi connectivity index (χ0n) is 16.3. The Morgan fingerprint density at radius 2 is 1.58 bits per heavy atom. The van der Waals surface area contributed by atoms with Gasteiger partial charge in [0.1, 0.15) is 18.2 Å². The Morgan fingerprint density at radius 1 is 0.903 bits per heavy atom. The largest absolute Gasteiger partial charge is 0.337 e. The van der Waals surface area contributed by atoms with E-state index >= 15 is 0 Å². The Bertz CT molecular complexity index is 1360. The van der Waals surface area contributed by atoms with Crippen LogP contribution in [-0.2, 0) is 26.9 Å². The number of carbonyl (C=O) groups is 1. The molecule has 0 aliphatic carbocycles. The van der Waals surface area contributed by atoms with E-state index in [1.807, 2.05) is 0 Å². The topological polar surface area (TPSA) is 68.2 Å². The van der Waals surface area contributed by atoms with E-state index in [9.17, 15) is 22.0 Å². The van der Waals surface area contributed by atoms with Gasteiger partial charge in [0.2, 0.25) is 5.91 Å². The summed E-state index contributed by atoms with van der Waals surface area (Å²) >= 11 is 0. The van der Waals surface area contributed by atoms with E-state index in [0.717, 1.165) is 0 Å². The number of nitrogens with zero attached hydrogens (tertiary/aromatic N) is 1. The van der Waals surface area contributed by atoms with Crippen molar-refractivity contribution in [3.63, 3.8) is 0 Å². The minimum Gasteiger partial charge on any atom is -0.337 e. The van der Waals surface area contributed by atoms with E-state index in [-0.39, 0.29) is 22.9 Å². The molecule has 1 aromatic heterocycles. The van der Waals surface area contributed by atoms with E-state index in [4.69, 9.17) is 0 Å². The maximum atomic E-state index is 13.8. The standard InChI is InChI=1S/C23H18F2N2O3S/c24-17-11-9-16(10-12-17)15-31(29,30)22-13-27(21-8-4-1-5-18(21)22)14-23(28)26-20-7-3-2-6-19(20)25/h1-13H,14-15H2,(H,26,28). The van der Waals surface area contributed by atoms with Crippen molar-refractivity contribution in [2.45, 2.75) is 17.2 Å². The van der Waals surface area contributed by atoms with Gasteiger partial charge in [-0.3, -0.25) is 4.79 Å². The second-order valence-electron chi connectivity index (χ2n) is 7.05. The van der Waals surface area contributed by atoms with Crippen LogP contribution in [0.3, 0.4) is 0 Å². The molecule has 0 unspecified atom stereocenters. The van der Waals surface area contributed by atoms with Crippen molar-refractivity contribution < 1.29 is 22.0 Å². The van der Waals surface area contributed by atoms with Gasteiger partial charge >= 0.3 is 0 Å². The monoisotopic (exact) mass is 440 g/mol. The number of nitrogens with one attached hydrogen (secondary N) is 1. The molecule has 0 saturated heterocycles. The normalized spacial score (nSPS) is 11.5. The van der Waals surface area contributed by atoms with Gasteiger partial charge in [0.15, 0.2) is 9.84 Å². The number of para-hydroxylation sites is 2. The molecule has 0 atom stereocenters. The van der Waals surface area contributed by atoms with Crippen molar-refractivity contribution in [1.82, 2.24) is 4.57 Å². The number of carbonyl (C=O) groups excluding carboxylic acids is 1. The molecule has 1 amide bonds. The van der Waals surface area contributed by atoms with Gasteiger partial charge in [-0.05, 0) is 35.9 Å². The maximum absolute atomic E-state index is 13.8. The van der Waals surface area contributed by atoms with Gasteiger partial charge < -0.3 is 9.88 Å². The highest BCUT2D eigenvalue weighted by Crippen LogP contribution is 2.28. The van der Waals surface area contributed by atoms with Crippen LogP contribution in [0, 0.1) is 11.6 Å². The first-order valence-corrected chi connectivity index (χ1v) is 11.1. The number of halogens is 2. The molecule has 0 radical (unpaired) electrons. The minimum atomic E-state index is -3.77. The summed E-state index contributed by atoms with van der Waals surface area (Å²) in [5, 5.41) is 2.97. The number of hydrogen-bond donors (Lipinski definition) is 1. The predicted molar refractivity (Wildman–Crippen MR) is 114 cm³/mol. The van der Waals surface area contributed by atoms with Crippen molar-refractivity contribution in [2.75, 3.05) is 5.32 Å². The number of rotatable bonds is 6. The number of hydrogen-bond acceptors (Lipinski definition) is 3. The average molecular weight is 440 g/mol. The van der Waals surface area contributed by atoms with Crippen LogP contribution in [-0.4, -0.2) is 18.9 Å². The Morgan fingerprint density at radius 3 is 2.32 bits per heavy atom. The molecule has 4 rings (SSSR count). The highest BCUT2D eigenvalue weighted by Gasteiger charge is 2.22. The van der Waals surface area contributed by atoms with Crippen LogP contribution in [0.2, 0.25) is 0 Å². The minimum absolute atomic E-state index is 0.0492. The third-order valence-corrected chi connectivity index (χ3v) is 6.53. The first-order chi connectivity index (χ1) is 14.8. The Balaban J connectivity index is 1.65. The van der Waals surface area contributed by atoms with Crippen LogP contribution in [0.4, 0.5) is 14.5 Å². The van der Waals surface area contributed by atoms with Crippen molar-refractivity contribution in [1.29, 1.82) is 0 Å². The Labute approximate surface area is 177 Å². The summed E-state index contributed by atoms with van der Waals surface area (Å²) in [6.45, 7) is -0.194. The van der Waals surface area contributed by atoms with E-state index < -0.39 is 27.4 Å². The Kier molecular flexibility index (Phi) is 5.56. The van der Waals surface area contributed by atoms with Gasteiger partial charge in [-0.25, -0.2) is 17.2 Å². The predicted octanol–water partition coefficient (Wildman–Crippen LogP) is 4.53. The number of fused-ring (bicyclic) bond motifs is 1. The van der Waals surface area contributed by atoms with Crippen molar-refractivity contribution in [3.05, 3.63) is 96.2 Å². The average Bonchev–Trinajstić information content (AvgIpc) is 3.11. The fraction of sp³-hybridized carbons (Fsp3) is 0.0870.